The molecule has 0 rings (SSSR count). The van der Waals surface area contributed by atoms with Gasteiger partial charge in [-0.15, -0.1) is 0 Å². The summed E-state index contributed by atoms with van der Waals surface area (Å²) in [6.07, 6.45) is 19.1. The average Bonchev–Trinajstić information content (AvgIpc) is 2.63. The van der Waals surface area contributed by atoms with Crippen molar-refractivity contribution in [1.82, 2.24) is 0 Å². The molecule has 0 amide bonds. The number of hydrogen-bond acceptors (Lipinski definition) is 3. The first-order valence-electron chi connectivity index (χ1n) is 12.1. The van der Waals surface area contributed by atoms with Gasteiger partial charge in [0.2, 0.25) is 0 Å². The monoisotopic (exact) mass is 426 g/mol. The van der Waals surface area contributed by atoms with Gasteiger partial charge in [0.25, 0.3) is 0 Å². The van der Waals surface area contributed by atoms with Crippen LogP contribution < -0.4 is 0 Å². The number of carboxylic acids is 1. The Hall–Kier alpha value is -1.20. The van der Waals surface area contributed by atoms with Crippen LogP contribution in [0, 0.1) is 5.92 Å². The Balaban J connectivity index is 3.78. The lowest BCUT2D eigenvalue weighted by atomic mass is 9.93. The number of allylic oxidation sites excluding steroid dienone is 2. The van der Waals surface area contributed by atoms with E-state index in [9.17, 15) is 19.8 Å². The number of aliphatic carboxylic acids is 1. The molecule has 0 heterocycles. The summed E-state index contributed by atoms with van der Waals surface area (Å²) >= 11 is 0. The smallest absolute Gasteiger partial charge is 0.316 e. The second kappa shape index (κ2) is 17.5. The van der Waals surface area contributed by atoms with Gasteiger partial charge in [0.1, 0.15) is 24.3 Å². The Morgan fingerprint density at radius 2 is 1.27 bits per heavy atom. The number of carbonyl (C=O) groups is 2. The molecule has 0 saturated carbocycles. The van der Waals surface area contributed by atoms with Crippen LogP contribution in [0.25, 0.3) is 0 Å². The van der Waals surface area contributed by atoms with E-state index in [4.69, 9.17) is 0 Å². The quantitative estimate of drug-likeness (QED) is 0.119. The van der Waals surface area contributed by atoms with Gasteiger partial charge in [0.05, 0.1) is 21.1 Å². The predicted molar refractivity (Wildman–Crippen MR) is 124 cm³/mol. The number of nitrogens with zero attached hydrogens (tertiary/aromatic N) is 1. The third kappa shape index (κ3) is 16.6. The van der Waals surface area contributed by atoms with E-state index in [1.807, 2.05) is 21.1 Å². The van der Waals surface area contributed by atoms with Gasteiger partial charge in [0.15, 0.2) is 0 Å². The molecule has 0 aliphatic rings. The molecular weight excluding hydrogens is 378 g/mol. The molecule has 2 unspecified atom stereocenters. The number of likely N-dealkylation sites (N-methyl/N-ethyl adjacent to an activating group) is 1. The summed E-state index contributed by atoms with van der Waals surface area (Å²) in [7, 11) is 5.61. The highest BCUT2D eigenvalue weighted by Crippen LogP contribution is 2.15. The van der Waals surface area contributed by atoms with Crippen molar-refractivity contribution in [3.05, 3.63) is 12.2 Å². The summed E-state index contributed by atoms with van der Waals surface area (Å²) in [5.74, 6) is -2.87. The maximum atomic E-state index is 12.3. The topological polar surface area (TPSA) is 74.6 Å². The van der Waals surface area contributed by atoms with Gasteiger partial charge in [-0.2, -0.15) is 0 Å². The van der Waals surface area contributed by atoms with E-state index in [0.717, 1.165) is 25.7 Å². The van der Waals surface area contributed by atoms with Gasteiger partial charge < -0.3 is 14.7 Å². The Labute approximate surface area is 185 Å². The van der Waals surface area contributed by atoms with E-state index < -0.39 is 18.0 Å². The van der Waals surface area contributed by atoms with Gasteiger partial charge in [-0.1, -0.05) is 70.4 Å². The lowest BCUT2D eigenvalue weighted by molar-refractivity contribution is -0.873. The Morgan fingerprint density at radius 1 is 0.800 bits per heavy atom. The Bertz CT molecular complexity index is 482. The third-order valence-electron chi connectivity index (χ3n) is 5.42. The summed E-state index contributed by atoms with van der Waals surface area (Å²) in [4.78, 5) is 23.7. The molecule has 0 aliphatic carbocycles. The van der Waals surface area contributed by atoms with Gasteiger partial charge >= 0.3 is 5.97 Å². The van der Waals surface area contributed by atoms with Crippen LogP contribution in [0.4, 0.5) is 0 Å². The zero-order valence-corrected chi connectivity index (χ0v) is 20.1. The van der Waals surface area contributed by atoms with Crippen LogP contribution in [0.2, 0.25) is 0 Å². The number of hydrogen-bond donors (Lipinski definition) is 2. The number of unbranched alkanes of at least 4 members (excludes halogenated alkanes) is 11. The minimum Gasteiger partial charge on any atom is -0.481 e. The van der Waals surface area contributed by atoms with E-state index in [-0.39, 0.29) is 18.7 Å². The van der Waals surface area contributed by atoms with Crippen molar-refractivity contribution >= 4 is 11.8 Å². The van der Waals surface area contributed by atoms with Gasteiger partial charge in [-0.3, -0.25) is 9.59 Å². The third-order valence-corrected chi connectivity index (χ3v) is 5.42. The fourth-order valence-electron chi connectivity index (χ4n) is 3.71. The van der Waals surface area contributed by atoms with E-state index in [0.29, 0.717) is 10.9 Å². The van der Waals surface area contributed by atoms with Crippen molar-refractivity contribution in [2.75, 3.05) is 27.7 Å². The van der Waals surface area contributed by atoms with Crippen LogP contribution in [0.15, 0.2) is 12.2 Å². The van der Waals surface area contributed by atoms with Crippen molar-refractivity contribution < 1.29 is 24.3 Å². The van der Waals surface area contributed by atoms with Crippen LogP contribution in [0.1, 0.15) is 96.8 Å². The molecule has 5 nitrogen and oxygen atoms in total. The minimum absolute atomic E-state index is 0.239. The summed E-state index contributed by atoms with van der Waals surface area (Å²) in [5.41, 5.74) is 0. The van der Waals surface area contributed by atoms with E-state index in [2.05, 4.69) is 19.1 Å². The molecule has 0 aromatic carbocycles. The number of carboxylic acid groups (broad SMARTS) is 1. The maximum Gasteiger partial charge on any atom is 0.316 e. The van der Waals surface area contributed by atoms with E-state index in [1.54, 1.807) is 0 Å². The molecule has 5 heteroatoms. The standard InChI is InChI=1S/C25H47NO4/c1-5-6-7-8-9-10-11-12-13-14-15-16-17-18-19-20-22(27)24(25(29)30)23(28)21-26(2,3)4/h12-13,23-24,28H,5-11,14-21H2,1-4H3/p+1/b13-12-. The van der Waals surface area contributed by atoms with Crippen molar-refractivity contribution in [2.24, 2.45) is 5.92 Å². The molecule has 0 radical (unpaired) electrons. The fraction of sp³-hybridized carbons (Fsp3) is 0.840. The highest BCUT2D eigenvalue weighted by atomic mass is 16.4. The van der Waals surface area contributed by atoms with Crippen molar-refractivity contribution in [3.63, 3.8) is 0 Å². The number of rotatable bonds is 20. The first-order chi connectivity index (χ1) is 14.2. The second-order valence-electron chi connectivity index (χ2n) is 9.66. The summed E-state index contributed by atoms with van der Waals surface area (Å²) in [6, 6.07) is 0. The molecule has 2 atom stereocenters. The van der Waals surface area contributed by atoms with E-state index >= 15 is 0 Å². The lowest BCUT2D eigenvalue weighted by Gasteiger charge is -2.28. The van der Waals surface area contributed by atoms with Crippen molar-refractivity contribution in [2.45, 2.75) is 103 Å². The highest BCUT2D eigenvalue weighted by Gasteiger charge is 2.36. The molecule has 0 aromatic heterocycles. The molecule has 2 N–H and O–H groups in total. The molecule has 176 valence electrons. The first-order valence-corrected chi connectivity index (χ1v) is 12.1. The molecule has 0 bridgehead atoms. The number of ketones is 1. The first kappa shape index (κ1) is 28.8. The summed E-state index contributed by atoms with van der Waals surface area (Å²) in [5, 5.41) is 19.5. The molecule has 0 fully saturated rings. The summed E-state index contributed by atoms with van der Waals surface area (Å²) in [6.45, 7) is 2.49. The molecule has 0 aliphatic heterocycles. The van der Waals surface area contributed by atoms with E-state index in [1.165, 1.54) is 51.4 Å². The summed E-state index contributed by atoms with van der Waals surface area (Å²) < 4.78 is 0.422. The Morgan fingerprint density at radius 3 is 1.73 bits per heavy atom. The molecule has 0 spiro atoms. The fourth-order valence-corrected chi connectivity index (χ4v) is 3.71. The zero-order chi connectivity index (χ0) is 22.8. The van der Waals surface area contributed by atoms with Crippen LogP contribution >= 0.6 is 0 Å². The number of carbonyl (C=O) groups excluding carboxylic acids is 1. The normalized spacial score (nSPS) is 14.2. The number of aliphatic hydroxyl groups excluding tert-OH is 1. The molecule has 0 aromatic rings. The van der Waals surface area contributed by atoms with Crippen LogP contribution in [-0.4, -0.2) is 60.2 Å². The highest BCUT2D eigenvalue weighted by molar-refractivity contribution is 5.98. The SMILES string of the molecule is CCCCCCCC/C=C\CCCCCCCC(=O)C(C(=O)O)C(O)C[N+](C)(C)C. The predicted octanol–water partition coefficient (Wildman–Crippen LogP) is 5.36. The van der Waals surface area contributed by atoms with Gasteiger partial charge in [0, 0.05) is 6.42 Å². The van der Waals surface area contributed by atoms with Crippen LogP contribution in [0.5, 0.6) is 0 Å². The van der Waals surface area contributed by atoms with Crippen LogP contribution in [0.3, 0.4) is 0 Å². The Kier molecular flexibility index (Phi) is 16.8. The number of Topliss-reactive ketones (excluding diaryl/α,β-unsaturated/α-hetero) is 1. The lowest BCUT2D eigenvalue weighted by Crippen LogP contribution is -2.47. The zero-order valence-electron chi connectivity index (χ0n) is 20.1. The van der Waals surface area contributed by atoms with Crippen molar-refractivity contribution in [1.29, 1.82) is 0 Å². The average molecular weight is 427 g/mol. The van der Waals surface area contributed by atoms with Crippen LogP contribution in [-0.2, 0) is 9.59 Å². The maximum absolute atomic E-state index is 12.3. The van der Waals surface area contributed by atoms with Gasteiger partial charge in [-0.25, -0.2) is 0 Å². The second-order valence-corrected chi connectivity index (χ2v) is 9.66. The minimum atomic E-state index is -1.31. The number of aliphatic hydroxyl groups is 1. The number of quaternary nitrogens is 1. The van der Waals surface area contributed by atoms with Crippen molar-refractivity contribution in [3.8, 4) is 0 Å². The molecular formula is C25H48NO4+. The molecule has 0 saturated heterocycles. The molecule has 30 heavy (non-hydrogen) atoms. The van der Waals surface area contributed by atoms with Gasteiger partial charge in [-0.05, 0) is 32.1 Å². The largest absolute Gasteiger partial charge is 0.481 e.